The molecule has 0 radical (unpaired) electrons. The zero-order valence-electron chi connectivity index (χ0n) is 19.6. The van der Waals surface area contributed by atoms with Crippen molar-refractivity contribution in [3.63, 3.8) is 0 Å². The van der Waals surface area contributed by atoms with Gasteiger partial charge in [0, 0.05) is 30.9 Å². The highest BCUT2D eigenvalue weighted by molar-refractivity contribution is 5.79. The number of aromatic nitrogens is 4. The molecule has 1 amide bonds. The Labute approximate surface area is 202 Å². The maximum atomic E-state index is 13.2. The Morgan fingerprint density at radius 1 is 0.914 bits per heavy atom. The number of likely N-dealkylation sites (N-methyl/N-ethyl adjacent to an activating group) is 1. The molecule has 2 aromatic heterocycles. The molecule has 7 heteroatoms. The SMILES string of the molecule is Cc1nc2ccccc2c(=O)n1CC(=O)N(C)Cc1cn(-c2ccccc2)nc1-c1ccccc1. The van der Waals surface area contributed by atoms with Gasteiger partial charge in [0.15, 0.2) is 0 Å². The van der Waals surface area contributed by atoms with E-state index in [9.17, 15) is 9.59 Å². The lowest BCUT2D eigenvalue weighted by Gasteiger charge is -2.19. The third kappa shape index (κ3) is 4.48. The Balaban J connectivity index is 1.44. The highest BCUT2D eigenvalue weighted by atomic mass is 16.2. The van der Waals surface area contributed by atoms with Crippen LogP contribution in [0.15, 0.2) is 95.9 Å². The molecular weight excluding hydrogens is 438 g/mol. The minimum absolute atomic E-state index is 0.0769. The zero-order chi connectivity index (χ0) is 24.4. The van der Waals surface area contributed by atoms with Crippen LogP contribution < -0.4 is 5.56 Å². The number of nitrogens with zero attached hydrogens (tertiary/aromatic N) is 5. The lowest BCUT2D eigenvalue weighted by Crippen LogP contribution is -2.35. The van der Waals surface area contributed by atoms with E-state index in [0.29, 0.717) is 23.3 Å². The maximum absolute atomic E-state index is 13.2. The van der Waals surface area contributed by atoms with E-state index in [4.69, 9.17) is 5.10 Å². The number of amides is 1. The van der Waals surface area contributed by atoms with Crippen LogP contribution >= 0.6 is 0 Å². The third-order valence-electron chi connectivity index (χ3n) is 6.04. The van der Waals surface area contributed by atoms with Crippen molar-refractivity contribution < 1.29 is 4.79 Å². The molecule has 0 saturated carbocycles. The molecular formula is C28H25N5O2. The van der Waals surface area contributed by atoms with E-state index in [-0.39, 0.29) is 18.0 Å². The second-order valence-corrected chi connectivity index (χ2v) is 8.47. The number of carbonyl (C=O) groups excluding carboxylic acids is 1. The number of aryl methyl sites for hydroxylation is 1. The van der Waals surface area contributed by atoms with Crippen LogP contribution in [0, 0.1) is 6.92 Å². The summed E-state index contributed by atoms with van der Waals surface area (Å²) >= 11 is 0. The molecule has 0 unspecified atom stereocenters. The van der Waals surface area contributed by atoms with Gasteiger partial charge in [0.2, 0.25) is 5.91 Å². The molecule has 0 spiro atoms. The number of para-hydroxylation sites is 2. The zero-order valence-corrected chi connectivity index (χ0v) is 19.6. The second-order valence-electron chi connectivity index (χ2n) is 8.47. The van der Waals surface area contributed by atoms with Gasteiger partial charge < -0.3 is 4.90 Å². The maximum Gasteiger partial charge on any atom is 0.261 e. The molecule has 0 aliphatic carbocycles. The van der Waals surface area contributed by atoms with Gasteiger partial charge >= 0.3 is 0 Å². The molecule has 0 saturated heterocycles. The van der Waals surface area contributed by atoms with Gasteiger partial charge in [-0.25, -0.2) is 9.67 Å². The number of hydrogen-bond donors (Lipinski definition) is 0. The van der Waals surface area contributed by atoms with Gasteiger partial charge in [-0.1, -0.05) is 60.7 Å². The molecule has 0 N–H and O–H groups in total. The monoisotopic (exact) mass is 463 g/mol. The van der Waals surface area contributed by atoms with Crippen LogP contribution in [-0.2, 0) is 17.9 Å². The molecule has 0 aliphatic rings. The Hall–Kier alpha value is -4.52. The molecule has 0 bridgehead atoms. The van der Waals surface area contributed by atoms with Crippen molar-refractivity contribution in [1.82, 2.24) is 24.2 Å². The summed E-state index contributed by atoms with van der Waals surface area (Å²) < 4.78 is 3.27. The molecule has 0 atom stereocenters. The van der Waals surface area contributed by atoms with E-state index >= 15 is 0 Å². The summed E-state index contributed by atoms with van der Waals surface area (Å²) in [5, 5.41) is 5.33. The van der Waals surface area contributed by atoms with Crippen LogP contribution in [0.3, 0.4) is 0 Å². The predicted octanol–water partition coefficient (Wildman–Crippen LogP) is 4.22. The van der Waals surface area contributed by atoms with E-state index in [1.54, 1.807) is 37.1 Å². The standard InChI is InChI=1S/C28H25N5O2/c1-20-29-25-16-10-9-15-24(25)28(35)32(20)19-26(34)31(2)17-22-18-33(23-13-7-4-8-14-23)30-27(22)21-11-5-3-6-12-21/h3-16,18H,17,19H2,1-2H3. The number of fused-ring (bicyclic) bond motifs is 1. The minimum atomic E-state index is -0.211. The van der Waals surface area contributed by atoms with Crippen LogP contribution in [0.1, 0.15) is 11.4 Å². The lowest BCUT2D eigenvalue weighted by atomic mass is 10.1. The fourth-order valence-corrected chi connectivity index (χ4v) is 4.14. The van der Waals surface area contributed by atoms with Gasteiger partial charge in [0.05, 0.1) is 22.3 Å². The average Bonchev–Trinajstić information content (AvgIpc) is 3.31. The van der Waals surface area contributed by atoms with Gasteiger partial charge in [0.1, 0.15) is 12.4 Å². The van der Waals surface area contributed by atoms with Crippen molar-refractivity contribution in [1.29, 1.82) is 0 Å². The van der Waals surface area contributed by atoms with Crippen molar-refractivity contribution in [3.8, 4) is 16.9 Å². The predicted molar refractivity (Wildman–Crippen MR) is 136 cm³/mol. The summed E-state index contributed by atoms with van der Waals surface area (Å²) in [6.45, 7) is 2.02. The first-order chi connectivity index (χ1) is 17.0. The Morgan fingerprint density at radius 3 is 2.31 bits per heavy atom. The molecule has 2 heterocycles. The van der Waals surface area contributed by atoms with E-state index in [2.05, 4.69) is 4.98 Å². The van der Waals surface area contributed by atoms with E-state index in [1.807, 2.05) is 77.6 Å². The smallest absolute Gasteiger partial charge is 0.261 e. The summed E-state index contributed by atoms with van der Waals surface area (Å²) in [4.78, 5) is 32.3. The molecule has 35 heavy (non-hydrogen) atoms. The van der Waals surface area contributed by atoms with E-state index < -0.39 is 0 Å². The molecule has 3 aromatic carbocycles. The first kappa shape index (κ1) is 22.3. The summed E-state index contributed by atoms with van der Waals surface area (Å²) in [6.07, 6.45) is 1.95. The van der Waals surface area contributed by atoms with Crippen LogP contribution in [0.2, 0.25) is 0 Å². The molecule has 174 valence electrons. The fourth-order valence-electron chi connectivity index (χ4n) is 4.14. The molecule has 0 fully saturated rings. The largest absolute Gasteiger partial charge is 0.340 e. The normalized spacial score (nSPS) is 11.0. The first-order valence-corrected chi connectivity index (χ1v) is 11.4. The number of hydrogen-bond acceptors (Lipinski definition) is 4. The first-order valence-electron chi connectivity index (χ1n) is 11.4. The highest BCUT2D eigenvalue weighted by Crippen LogP contribution is 2.24. The summed E-state index contributed by atoms with van der Waals surface area (Å²) in [6, 6.07) is 27.0. The van der Waals surface area contributed by atoms with Gasteiger partial charge in [0.25, 0.3) is 5.56 Å². The van der Waals surface area contributed by atoms with Crippen LogP contribution in [-0.4, -0.2) is 37.2 Å². The molecule has 7 nitrogen and oxygen atoms in total. The molecule has 0 aliphatic heterocycles. The molecule has 5 rings (SSSR count). The number of benzene rings is 3. The number of rotatable bonds is 6. The molecule has 5 aromatic rings. The van der Waals surface area contributed by atoms with Gasteiger partial charge in [-0.3, -0.25) is 14.2 Å². The van der Waals surface area contributed by atoms with Crippen molar-refractivity contribution >= 4 is 16.8 Å². The Kier molecular flexibility index (Phi) is 5.97. The van der Waals surface area contributed by atoms with Crippen molar-refractivity contribution in [3.05, 3.63) is 113 Å². The minimum Gasteiger partial charge on any atom is -0.340 e. The third-order valence-corrected chi connectivity index (χ3v) is 6.04. The quantitative estimate of drug-likeness (QED) is 0.378. The van der Waals surface area contributed by atoms with Crippen molar-refractivity contribution in [2.45, 2.75) is 20.0 Å². The van der Waals surface area contributed by atoms with Gasteiger partial charge in [-0.2, -0.15) is 5.10 Å². The van der Waals surface area contributed by atoms with Gasteiger partial charge in [-0.05, 0) is 31.2 Å². The van der Waals surface area contributed by atoms with E-state index in [1.165, 1.54) is 4.57 Å². The highest BCUT2D eigenvalue weighted by Gasteiger charge is 2.19. The van der Waals surface area contributed by atoms with Crippen molar-refractivity contribution in [2.75, 3.05) is 7.05 Å². The van der Waals surface area contributed by atoms with E-state index in [0.717, 1.165) is 22.5 Å². The van der Waals surface area contributed by atoms with Crippen molar-refractivity contribution in [2.24, 2.45) is 0 Å². The summed E-state index contributed by atoms with van der Waals surface area (Å²) in [5.41, 5.74) is 4.06. The fraction of sp³-hybridized carbons (Fsp3) is 0.143. The Bertz CT molecular complexity index is 1560. The van der Waals surface area contributed by atoms with Crippen LogP contribution in [0.25, 0.3) is 27.8 Å². The topological polar surface area (TPSA) is 73.0 Å². The second kappa shape index (κ2) is 9.38. The average molecular weight is 464 g/mol. The summed E-state index contributed by atoms with van der Waals surface area (Å²) in [5.74, 6) is 0.330. The van der Waals surface area contributed by atoms with Gasteiger partial charge in [-0.15, -0.1) is 0 Å². The number of carbonyl (C=O) groups is 1. The summed E-state index contributed by atoms with van der Waals surface area (Å²) in [7, 11) is 1.74. The lowest BCUT2D eigenvalue weighted by molar-refractivity contribution is -0.131. The van der Waals surface area contributed by atoms with Crippen LogP contribution in [0.4, 0.5) is 0 Å². The Morgan fingerprint density at radius 2 is 1.57 bits per heavy atom. The van der Waals surface area contributed by atoms with Crippen LogP contribution in [0.5, 0.6) is 0 Å².